The normalized spacial score (nSPS) is 15.0. The van der Waals surface area contributed by atoms with Crippen LogP contribution in [0.25, 0.3) is 0 Å². The van der Waals surface area contributed by atoms with E-state index in [4.69, 9.17) is 16.3 Å². The third-order valence-electron chi connectivity index (χ3n) is 4.25. The highest BCUT2D eigenvalue weighted by Gasteiger charge is 2.15. The molecule has 7 heteroatoms. The molecule has 0 spiro atoms. The second kappa shape index (κ2) is 10.4. The summed E-state index contributed by atoms with van der Waals surface area (Å²) in [6, 6.07) is 7.36. The number of halogens is 1. The summed E-state index contributed by atoms with van der Waals surface area (Å²) in [4.78, 5) is 27.8. The highest BCUT2D eigenvalue weighted by molar-refractivity contribution is 6.30. The minimum Gasteiger partial charge on any atom is -0.379 e. The zero-order valence-corrected chi connectivity index (χ0v) is 15.4. The molecule has 0 bridgehead atoms. The van der Waals surface area contributed by atoms with Gasteiger partial charge in [-0.2, -0.15) is 0 Å². The molecule has 2 rings (SSSR count). The average Bonchev–Trinajstić information content (AvgIpc) is 2.61. The summed E-state index contributed by atoms with van der Waals surface area (Å²) < 4.78 is 5.32. The predicted octanol–water partition coefficient (Wildman–Crippen LogP) is 1.53. The van der Waals surface area contributed by atoms with Crippen molar-refractivity contribution >= 4 is 23.4 Å². The number of nitrogens with zero attached hydrogens (tertiary/aromatic N) is 2. The van der Waals surface area contributed by atoms with E-state index in [-0.39, 0.29) is 11.8 Å². The van der Waals surface area contributed by atoms with Gasteiger partial charge < -0.3 is 15.0 Å². The first-order chi connectivity index (χ1) is 12.0. The lowest BCUT2D eigenvalue weighted by Crippen LogP contribution is -2.43. The summed E-state index contributed by atoms with van der Waals surface area (Å²) in [5.41, 5.74) is 0.994. The molecule has 138 valence electrons. The Labute approximate surface area is 154 Å². The van der Waals surface area contributed by atoms with Gasteiger partial charge in [-0.3, -0.25) is 14.5 Å². The summed E-state index contributed by atoms with van der Waals surface area (Å²) in [6.45, 7) is 7.18. The number of benzene rings is 1. The van der Waals surface area contributed by atoms with E-state index in [1.54, 1.807) is 24.0 Å². The zero-order chi connectivity index (χ0) is 18.1. The van der Waals surface area contributed by atoms with Crippen LogP contribution in [0.5, 0.6) is 0 Å². The van der Waals surface area contributed by atoms with Crippen LogP contribution in [-0.2, 0) is 20.9 Å². The first-order valence-corrected chi connectivity index (χ1v) is 8.99. The minimum absolute atomic E-state index is 0.00115. The molecule has 1 fully saturated rings. The molecule has 0 aromatic heterocycles. The van der Waals surface area contributed by atoms with Gasteiger partial charge in [0, 0.05) is 57.6 Å². The van der Waals surface area contributed by atoms with E-state index in [2.05, 4.69) is 10.2 Å². The molecule has 0 saturated carbocycles. The van der Waals surface area contributed by atoms with Gasteiger partial charge in [0.05, 0.1) is 13.2 Å². The van der Waals surface area contributed by atoms with Crippen molar-refractivity contribution in [3.63, 3.8) is 0 Å². The topological polar surface area (TPSA) is 61.9 Å². The maximum Gasteiger partial charge on any atom is 0.222 e. The van der Waals surface area contributed by atoms with E-state index in [0.717, 1.165) is 38.4 Å². The molecule has 0 unspecified atom stereocenters. The lowest BCUT2D eigenvalue weighted by Gasteiger charge is -2.29. The number of nitrogens with one attached hydrogen (secondary N) is 1. The highest BCUT2D eigenvalue weighted by Crippen LogP contribution is 2.09. The van der Waals surface area contributed by atoms with Gasteiger partial charge in [0.2, 0.25) is 11.8 Å². The Morgan fingerprint density at radius 1 is 1.20 bits per heavy atom. The van der Waals surface area contributed by atoms with E-state index in [9.17, 15) is 9.59 Å². The fourth-order valence-electron chi connectivity index (χ4n) is 2.64. The third kappa shape index (κ3) is 7.42. The van der Waals surface area contributed by atoms with Crippen LogP contribution < -0.4 is 5.32 Å². The quantitative estimate of drug-likeness (QED) is 0.757. The molecule has 1 heterocycles. The summed E-state index contributed by atoms with van der Waals surface area (Å²) in [5.74, 6) is -0.0636. The van der Waals surface area contributed by atoms with Crippen LogP contribution in [-0.4, -0.2) is 67.6 Å². The smallest absolute Gasteiger partial charge is 0.222 e. The number of ether oxygens (including phenoxy) is 1. The monoisotopic (exact) mass is 367 g/mol. The maximum atomic E-state index is 12.0. The van der Waals surface area contributed by atoms with E-state index in [0.29, 0.717) is 31.1 Å². The Bertz CT molecular complexity index is 559. The van der Waals surface area contributed by atoms with Gasteiger partial charge in [0.1, 0.15) is 0 Å². The van der Waals surface area contributed by atoms with Crippen LogP contribution in [0.2, 0.25) is 5.02 Å². The van der Waals surface area contributed by atoms with Gasteiger partial charge >= 0.3 is 0 Å². The van der Waals surface area contributed by atoms with Gasteiger partial charge in [-0.25, -0.2) is 0 Å². The van der Waals surface area contributed by atoms with Crippen molar-refractivity contribution in [2.75, 3.05) is 45.9 Å². The molecular weight excluding hydrogens is 342 g/mol. The summed E-state index contributed by atoms with van der Waals surface area (Å²) in [6.07, 6.45) is 0.302. The van der Waals surface area contributed by atoms with Crippen molar-refractivity contribution < 1.29 is 14.3 Å². The fourth-order valence-corrected chi connectivity index (χ4v) is 2.77. The molecule has 0 aliphatic carbocycles. The number of morpholine rings is 1. The number of hydrogen-bond donors (Lipinski definition) is 1. The summed E-state index contributed by atoms with van der Waals surface area (Å²) in [5, 5.41) is 3.54. The van der Waals surface area contributed by atoms with Crippen LogP contribution in [0, 0.1) is 0 Å². The van der Waals surface area contributed by atoms with Crippen molar-refractivity contribution in [1.29, 1.82) is 0 Å². The molecule has 2 amide bonds. The molecule has 1 aliphatic rings. The molecule has 0 radical (unpaired) electrons. The van der Waals surface area contributed by atoms with Gasteiger partial charge in [0.15, 0.2) is 0 Å². The first kappa shape index (κ1) is 19.7. The Morgan fingerprint density at radius 2 is 1.88 bits per heavy atom. The van der Waals surface area contributed by atoms with Crippen molar-refractivity contribution in [1.82, 2.24) is 15.1 Å². The minimum atomic E-state index is -0.0624. The molecule has 1 aromatic carbocycles. The van der Waals surface area contributed by atoms with Crippen molar-refractivity contribution in [3.8, 4) is 0 Å². The number of hydrogen-bond acceptors (Lipinski definition) is 4. The number of carbonyl (C=O) groups is 2. The van der Waals surface area contributed by atoms with Crippen LogP contribution in [0.3, 0.4) is 0 Å². The Kier molecular flexibility index (Phi) is 8.18. The van der Waals surface area contributed by atoms with Gasteiger partial charge in [0.25, 0.3) is 0 Å². The average molecular weight is 368 g/mol. The van der Waals surface area contributed by atoms with Crippen molar-refractivity contribution in [3.05, 3.63) is 34.9 Å². The number of rotatable bonds is 8. The molecular formula is C18H26ClN3O3. The Morgan fingerprint density at radius 3 is 2.52 bits per heavy atom. The molecule has 6 nitrogen and oxygen atoms in total. The van der Waals surface area contributed by atoms with E-state index < -0.39 is 0 Å². The Balaban J connectivity index is 1.69. The van der Waals surface area contributed by atoms with Crippen LogP contribution in [0.1, 0.15) is 18.9 Å². The SMILES string of the molecule is CC(=O)N(CCC(=O)NCc1ccc(Cl)cc1)CCN1CCOCC1. The zero-order valence-electron chi connectivity index (χ0n) is 14.7. The van der Waals surface area contributed by atoms with Gasteiger partial charge in [-0.1, -0.05) is 23.7 Å². The van der Waals surface area contributed by atoms with Gasteiger partial charge in [-0.05, 0) is 17.7 Å². The van der Waals surface area contributed by atoms with Crippen molar-refractivity contribution in [2.24, 2.45) is 0 Å². The summed E-state index contributed by atoms with van der Waals surface area (Å²) in [7, 11) is 0. The van der Waals surface area contributed by atoms with E-state index in [1.807, 2.05) is 12.1 Å². The van der Waals surface area contributed by atoms with Crippen LogP contribution in [0.4, 0.5) is 0 Å². The van der Waals surface area contributed by atoms with Crippen LogP contribution in [0.15, 0.2) is 24.3 Å². The number of carbonyl (C=O) groups excluding carboxylic acids is 2. The fraction of sp³-hybridized carbons (Fsp3) is 0.556. The molecule has 1 aromatic rings. The standard InChI is InChI=1S/C18H26ClN3O3/c1-15(23)22(9-8-21-10-12-25-13-11-21)7-6-18(24)20-14-16-2-4-17(19)5-3-16/h2-5H,6-14H2,1H3,(H,20,24). The largest absolute Gasteiger partial charge is 0.379 e. The molecule has 1 saturated heterocycles. The molecule has 25 heavy (non-hydrogen) atoms. The molecule has 1 N–H and O–H groups in total. The molecule has 1 aliphatic heterocycles. The number of amides is 2. The van der Waals surface area contributed by atoms with E-state index >= 15 is 0 Å². The second-order valence-corrected chi connectivity index (χ2v) is 6.55. The maximum absolute atomic E-state index is 12.0. The Hall–Kier alpha value is -1.63. The van der Waals surface area contributed by atoms with Gasteiger partial charge in [-0.15, -0.1) is 0 Å². The summed E-state index contributed by atoms with van der Waals surface area (Å²) >= 11 is 5.84. The second-order valence-electron chi connectivity index (χ2n) is 6.11. The van der Waals surface area contributed by atoms with Crippen molar-refractivity contribution in [2.45, 2.75) is 19.9 Å². The third-order valence-corrected chi connectivity index (χ3v) is 4.50. The highest BCUT2D eigenvalue weighted by atomic mass is 35.5. The van der Waals surface area contributed by atoms with E-state index in [1.165, 1.54) is 0 Å². The molecule has 0 atom stereocenters. The predicted molar refractivity (Wildman–Crippen MR) is 97.4 cm³/mol. The lowest BCUT2D eigenvalue weighted by molar-refractivity contribution is -0.130. The lowest BCUT2D eigenvalue weighted by atomic mass is 10.2. The van der Waals surface area contributed by atoms with Crippen LogP contribution >= 0.6 is 11.6 Å². The first-order valence-electron chi connectivity index (χ1n) is 8.61.